The molecule has 5 nitrogen and oxygen atoms in total. The van der Waals surface area contributed by atoms with Crippen LogP contribution < -0.4 is 0 Å². The molecule has 0 aromatic carbocycles. The number of carbonyl (C=O) groups excluding carboxylic acids is 1. The zero-order valence-corrected chi connectivity index (χ0v) is 15.2. The first-order chi connectivity index (χ1) is 12.1. The zero-order chi connectivity index (χ0) is 17.0. The highest BCUT2D eigenvalue weighted by molar-refractivity contribution is 5.83. The molecule has 1 aromatic rings. The number of piperidine rings is 1. The molecular weight excluding hydrogens is 312 g/mol. The Bertz CT molecular complexity index is 691. The number of carbonyl (C=O) groups is 1. The number of amides is 1. The summed E-state index contributed by atoms with van der Waals surface area (Å²) in [5.41, 5.74) is 2.97. The molecule has 3 heterocycles. The van der Waals surface area contributed by atoms with Crippen LogP contribution in [0.2, 0.25) is 0 Å². The van der Waals surface area contributed by atoms with Crippen LogP contribution in [0.3, 0.4) is 0 Å². The van der Waals surface area contributed by atoms with Gasteiger partial charge in [-0.05, 0) is 44.6 Å². The van der Waals surface area contributed by atoms with E-state index < -0.39 is 0 Å². The summed E-state index contributed by atoms with van der Waals surface area (Å²) in [6.45, 7) is 3.82. The van der Waals surface area contributed by atoms with E-state index in [0.29, 0.717) is 23.2 Å². The maximum atomic E-state index is 12.7. The van der Waals surface area contributed by atoms with Crippen molar-refractivity contribution in [2.45, 2.75) is 57.4 Å². The maximum Gasteiger partial charge on any atom is 0.226 e. The van der Waals surface area contributed by atoms with E-state index in [0.717, 1.165) is 57.7 Å². The molecular formula is C20H28N4O. The van der Waals surface area contributed by atoms with Crippen LogP contribution in [0, 0.1) is 11.3 Å². The van der Waals surface area contributed by atoms with Crippen LogP contribution in [0.25, 0.3) is 0 Å². The summed E-state index contributed by atoms with van der Waals surface area (Å²) < 4.78 is 0. The number of nitrogens with zero attached hydrogens (tertiary/aromatic N) is 4. The number of hydrogen-bond acceptors (Lipinski definition) is 4. The van der Waals surface area contributed by atoms with E-state index >= 15 is 0 Å². The molecule has 0 radical (unpaired) electrons. The minimum Gasteiger partial charge on any atom is -0.342 e. The fourth-order valence-electron chi connectivity index (χ4n) is 5.13. The van der Waals surface area contributed by atoms with Crippen LogP contribution in [0.5, 0.6) is 0 Å². The van der Waals surface area contributed by atoms with E-state index in [9.17, 15) is 4.79 Å². The van der Waals surface area contributed by atoms with Gasteiger partial charge in [0.1, 0.15) is 5.82 Å². The van der Waals surface area contributed by atoms with Crippen LogP contribution in [-0.2, 0) is 17.8 Å². The van der Waals surface area contributed by atoms with Crippen LogP contribution in [0.1, 0.15) is 61.5 Å². The van der Waals surface area contributed by atoms with Gasteiger partial charge in [0.15, 0.2) is 0 Å². The van der Waals surface area contributed by atoms with Gasteiger partial charge in [0, 0.05) is 61.9 Å². The third kappa shape index (κ3) is 2.67. The van der Waals surface area contributed by atoms with E-state index in [-0.39, 0.29) is 0 Å². The van der Waals surface area contributed by atoms with Gasteiger partial charge in [0.2, 0.25) is 5.91 Å². The van der Waals surface area contributed by atoms with Gasteiger partial charge >= 0.3 is 0 Å². The molecule has 1 saturated heterocycles. The van der Waals surface area contributed by atoms with Crippen molar-refractivity contribution in [1.29, 1.82) is 0 Å². The van der Waals surface area contributed by atoms with Gasteiger partial charge in [-0.1, -0.05) is 6.42 Å². The summed E-state index contributed by atoms with van der Waals surface area (Å²) in [6.07, 6.45) is 10.2. The second kappa shape index (κ2) is 5.76. The van der Waals surface area contributed by atoms with Crippen molar-refractivity contribution in [1.82, 2.24) is 19.8 Å². The van der Waals surface area contributed by atoms with Crippen molar-refractivity contribution in [2.75, 3.05) is 26.7 Å². The molecule has 2 saturated carbocycles. The average molecular weight is 340 g/mol. The minimum atomic E-state index is 0.356. The molecule has 0 N–H and O–H groups in total. The van der Waals surface area contributed by atoms with Crippen molar-refractivity contribution < 1.29 is 4.79 Å². The Balaban J connectivity index is 1.21. The molecule has 25 heavy (non-hydrogen) atoms. The third-order valence-corrected chi connectivity index (χ3v) is 7.15. The number of fused-ring (bicyclic) bond motifs is 1. The van der Waals surface area contributed by atoms with Crippen LogP contribution in [0.4, 0.5) is 0 Å². The first kappa shape index (κ1) is 15.7. The molecule has 5 rings (SSSR count). The smallest absolute Gasteiger partial charge is 0.226 e. The molecule has 3 fully saturated rings. The molecule has 1 aromatic heterocycles. The predicted molar refractivity (Wildman–Crippen MR) is 95.0 cm³/mol. The Labute approximate surface area is 149 Å². The summed E-state index contributed by atoms with van der Waals surface area (Å²) >= 11 is 0. The highest BCUT2D eigenvalue weighted by Crippen LogP contribution is 2.66. The van der Waals surface area contributed by atoms with Crippen molar-refractivity contribution in [3.8, 4) is 0 Å². The Morgan fingerprint density at radius 1 is 1.24 bits per heavy atom. The molecule has 2 aliphatic heterocycles. The fourth-order valence-corrected chi connectivity index (χ4v) is 5.13. The number of likely N-dealkylation sites (tertiary alicyclic amines) is 1. The van der Waals surface area contributed by atoms with Crippen molar-refractivity contribution in [3.05, 3.63) is 23.3 Å². The largest absolute Gasteiger partial charge is 0.342 e. The van der Waals surface area contributed by atoms with Gasteiger partial charge in [-0.25, -0.2) is 9.97 Å². The molecule has 134 valence electrons. The van der Waals surface area contributed by atoms with Crippen LogP contribution in [-0.4, -0.2) is 52.4 Å². The van der Waals surface area contributed by atoms with Crippen LogP contribution in [0.15, 0.2) is 6.20 Å². The van der Waals surface area contributed by atoms with Crippen LogP contribution >= 0.6 is 0 Å². The van der Waals surface area contributed by atoms with Crippen molar-refractivity contribution in [3.63, 3.8) is 0 Å². The van der Waals surface area contributed by atoms with Gasteiger partial charge in [-0.3, -0.25) is 4.79 Å². The molecule has 5 heteroatoms. The maximum absolute atomic E-state index is 12.7. The fraction of sp³-hybridized carbons (Fsp3) is 0.750. The summed E-state index contributed by atoms with van der Waals surface area (Å²) in [4.78, 5) is 26.7. The lowest BCUT2D eigenvalue weighted by molar-refractivity contribution is -0.135. The minimum absolute atomic E-state index is 0.356. The predicted octanol–water partition coefficient (Wildman–Crippen LogP) is 2.36. The first-order valence-electron chi connectivity index (χ1n) is 9.97. The normalized spacial score (nSPS) is 28.5. The molecule has 2 aliphatic carbocycles. The molecule has 0 unspecified atom stereocenters. The summed E-state index contributed by atoms with van der Waals surface area (Å²) in [7, 11) is 2.15. The number of likely N-dealkylation sites (N-methyl/N-ethyl adjacent to an activating group) is 1. The van der Waals surface area contributed by atoms with E-state index in [2.05, 4.69) is 21.8 Å². The summed E-state index contributed by atoms with van der Waals surface area (Å²) in [6, 6.07) is 0. The summed E-state index contributed by atoms with van der Waals surface area (Å²) in [5, 5.41) is 0. The van der Waals surface area contributed by atoms with Gasteiger partial charge < -0.3 is 9.80 Å². The first-order valence-corrected chi connectivity index (χ1v) is 9.97. The molecule has 4 aliphatic rings. The Morgan fingerprint density at radius 2 is 2.04 bits per heavy atom. The van der Waals surface area contributed by atoms with Crippen molar-refractivity contribution >= 4 is 5.91 Å². The SMILES string of the molecule is CN1CCc2nc(C3CCN(C(=O)[C@H]4CC45CCC5)CC3)ncc2C1. The lowest BCUT2D eigenvalue weighted by atomic mass is 9.79. The molecule has 0 bridgehead atoms. The van der Waals surface area contributed by atoms with E-state index in [1.807, 2.05) is 6.20 Å². The van der Waals surface area contributed by atoms with E-state index in [4.69, 9.17) is 4.98 Å². The average Bonchev–Trinajstić information content (AvgIpc) is 3.37. The highest BCUT2D eigenvalue weighted by atomic mass is 16.2. The topological polar surface area (TPSA) is 49.3 Å². The third-order valence-electron chi connectivity index (χ3n) is 7.15. The lowest BCUT2D eigenvalue weighted by Gasteiger charge is -2.34. The lowest BCUT2D eigenvalue weighted by Crippen LogP contribution is -2.40. The number of rotatable bonds is 2. The van der Waals surface area contributed by atoms with Gasteiger partial charge in [0.25, 0.3) is 0 Å². The monoisotopic (exact) mass is 340 g/mol. The Hall–Kier alpha value is -1.49. The van der Waals surface area contributed by atoms with Gasteiger partial charge in [-0.2, -0.15) is 0 Å². The van der Waals surface area contributed by atoms with Crippen molar-refractivity contribution in [2.24, 2.45) is 11.3 Å². The zero-order valence-electron chi connectivity index (χ0n) is 15.2. The quantitative estimate of drug-likeness (QED) is 0.829. The second-order valence-electron chi connectivity index (χ2n) is 8.76. The van der Waals surface area contributed by atoms with Gasteiger partial charge in [0.05, 0.1) is 0 Å². The highest BCUT2D eigenvalue weighted by Gasteiger charge is 2.61. The van der Waals surface area contributed by atoms with Gasteiger partial charge in [-0.15, -0.1) is 0 Å². The number of hydrogen-bond donors (Lipinski definition) is 0. The Morgan fingerprint density at radius 3 is 2.72 bits per heavy atom. The van der Waals surface area contributed by atoms with E-state index in [1.165, 1.54) is 30.5 Å². The second-order valence-corrected chi connectivity index (χ2v) is 8.76. The molecule has 1 amide bonds. The molecule has 1 atom stereocenters. The van der Waals surface area contributed by atoms with E-state index in [1.54, 1.807) is 0 Å². The summed E-state index contributed by atoms with van der Waals surface area (Å²) in [5.74, 6) is 2.23. The number of aromatic nitrogens is 2. The standard InChI is InChI=1S/C20H28N4O/c1-23-8-5-17-15(13-23)12-21-18(22-17)14-3-9-24(10-4-14)19(25)16-11-20(16)6-2-7-20/h12,14,16H,2-11,13H2,1H3/t16-/m1/s1. The molecule has 1 spiro atoms. The Kier molecular flexibility index (Phi) is 3.63.